The fraction of sp³-hybridized carbons (Fsp3) is 0.158. The molecule has 0 saturated carbocycles. The molecule has 0 bridgehead atoms. The highest BCUT2D eigenvalue weighted by Crippen LogP contribution is 2.44. The summed E-state index contributed by atoms with van der Waals surface area (Å²) in [5.74, 6) is 1.20. The molecule has 1 aromatic carbocycles. The van der Waals surface area contributed by atoms with E-state index in [9.17, 15) is 4.79 Å². The van der Waals surface area contributed by atoms with Gasteiger partial charge in [-0.2, -0.15) is 4.98 Å². The maximum Gasteiger partial charge on any atom is 0.247 e. The van der Waals surface area contributed by atoms with Gasteiger partial charge in [0.05, 0.1) is 10.2 Å². The summed E-state index contributed by atoms with van der Waals surface area (Å²) in [4.78, 5) is 18.7. The molecule has 0 saturated heterocycles. The number of anilines is 1. The summed E-state index contributed by atoms with van der Waals surface area (Å²) in [5, 5.41) is 9.00. The lowest BCUT2D eigenvalue weighted by atomic mass is 10.1. The maximum absolute atomic E-state index is 12.7. The molecule has 29 heavy (non-hydrogen) atoms. The fourth-order valence-electron chi connectivity index (χ4n) is 2.92. The van der Waals surface area contributed by atoms with E-state index < -0.39 is 6.23 Å². The number of hydrogen-bond donors (Lipinski definition) is 0. The predicted molar refractivity (Wildman–Crippen MR) is 122 cm³/mol. The highest BCUT2D eigenvalue weighted by atomic mass is 127. The van der Waals surface area contributed by atoms with Crippen molar-refractivity contribution in [1.82, 2.24) is 15.2 Å². The summed E-state index contributed by atoms with van der Waals surface area (Å²) in [6.45, 7) is 5.19. The fourth-order valence-corrected chi connectivity index (χ4v) is 4.15. The molecule has 148 valence electrons. The van der Waals surface area contributed by atoms with E-state index in [-0.39, 0.29) is 11.8 Å². The van der Waals surface area contributed by atoms with Crippen molar-refractivity contribution in [3.8, 4) is 17.1 Å². The van der Waals surface area contributed by atoms with Crippen LogP contribution < -0.4 is 9.64 Å². The van der Waals surface area contributed by atoms with E-state index >= 15 is 0 Å². The van der Waals surface area contributed by atoms with Gasteiger partial charge in [0, 0.05) is 46.9 Å². The normalized spacial score (nSPS) is 15.1. The second-order valence-electron chi connectivity index (χ2n) is 5.99. The Morgan fingerprint density at radius 2 is 2.21 bits per heavy atom. The molecule has 2 aromatic heterocycles. The Bertz CT molecular complexity index is 1090. The average molecular weight is 585 g/mol. The molecule has 1 aliphatic rings. The summed E-state index contributed by atoms with van der Waals surface area (Å²) in [5.41, 5.74) is 1.83. The quantitative estimate of drug-likeness (QED) is 0.236. The molecule has 0 spiro atoms. The standard InChI is InChI=1S/C19H14BrIN4O3S/c1-3-8-29-19-22-17-15(23-24-19)11-6-4-5-7-13(11)25(10(2)26)18(28-17)14-9-12(20)16(21)27-14/h3-7,9,18H,1,8H2,2H3/t18-/m1/s1. The predicted octanol–water partition coefficient (Wildman–Crippen LogP) is 5.22. The van der Waals surface area contributed by atoms with E-state index in [1.165, 1.54) is 23.6 Å². The number of furan rings is 1. The van der Waals surface area contributed by atoms with Gasteiger partial charge in [-0.05, 0) is 22.0 Å². The zero-order chi connectivity index (χ0) is 20.5. The minimum Gasteiger partial charge on any atom is -0.448 e. The zero-order valence-corrected chi connectivity index (χ0v) is 19.7. The lowest BCUT2D eigenvalue weighted by Crippen LogP contribution is -2.35. The van der Waals surface area contributed by atoms with Crippen molar-refractivity contribution in [1.29, 1.82) is 0 Å². The molecule has 0 aliphatic carbocycles. The van der Waals surface area contributed by atoms with Crippen molar-refractivity contribution in [3.05, 3.63) is 57.0 Å². The summed E-state index contributed by atoms with van der Waals surface area (Å²) in [6, 6.07) is 9.22. The van der Waals surface area contributed by atoms with Crippen LogP contribution in [0.2, 0.25) is 0 Å². The number of para-hydroxylation sites is 1. The zero-order valence-electron chi connectivity index (χ0n) is 15.1. The van der Waals surface area contributed by atoms with E-state index in [1.807, 2.05) is 24.3 Å². The van der Waals surface area contributed by atoms with Crippen molar-refractivity contribution in [2.45, 2.75) is 18.3 Å². The smallest absolute Gasteiger partial charge is 0.247 e. The Morgan fingerprint density at radius 1 is 1.41 bits per heavy atom. The molecule has 1 atom stereocenters. The van der Waals surface area contributed by atoms with Gasteiger partial charge in [-0.25, -0.2) is 0 Å². The number of fused-ring (bicyclic) bond motifs is 3. The number of thioether (sulfide) groups is 1. The number of halogens is 2. The Morgan fingerprint density at radius 3 is 2.90 bits per heavy atom. The van der Waals surface area contributed by atoms with Crippen LogP contribution in [0.4, 0.5) is 5.69 Å². The molecule has 4 rings (SSSR count). The molecule has 3 heterocycles. The van der Waals surface area contributed by atoms with Gasteiger partial charge in [0.2, 0.25) is 23.2 Å². The first kappa shape index (κ1) is 20.4. The Kier molecular flexibility index (Phi) is 5.93. The molecule has 10 heteroatoms. The van der Waals surface area contributed by atoms with Crippen LogP contribution >= 0.6 is 50.3 Å². The molecule has 7 nitrogen and oxygen atoms in total. The lowest BCUT2D eigenvalue weighted by Gasteiger charge is -2.28. The first-order chi connectivity index (χ1) is 14.0. The van der Waals surface area contributed by atoms with Crippen LogP contribution in [0.15, 0.2) is 57.0 Å². The van der Waals surface area contributed by atoms with E-state index in [1.54, 1.807) is 12.1 Å². The van der Waals surface area contributed by atoms with Crippen molar-refractivity contribution in [2.24, 2.45) is 0 Å². The van der Waals surface area contributed by atoms with Crippen LogP contribution in [0.25, 0.3) is 11.3 Å². The number of hydrogen-bond acceptors (Lipinski definition) is 7. The molecule has 0 fully saturated rings. The highest BCUT2D eigenvalue weighted by molar-refractivity contribution is 14.1. The van der Waals surface area contributed by atoms with Gasteiger partial charge in [-0.15, -0.1) is 16.8 Å². The van der Waals surface area contributed by atoms with Crippen molar-refractivity contribution >= 4 is 61.9 Å². The van der Waals surface area contributed by atoms with Gasteiger partial charge < -0.3 is 9.15 Å². The third kappa shape index (κ3) is 3.92. The molecule has 1 amide bonds. The summed E-state index contributed by atoms with van der Waals surface area (Å²) < 4.78 is 13.5. The number of benzene rings is 1. The van der Waals surface area contributed by atoms with Crippen molar-refractivity contribution < 1.29 is 13.9 Å². The second-order valence-corrected chi connectivity index (χ2v) is 8.82. The Labute approximate surface area is 193 Å². The number of carbonyl (C=O) groups is 1. The molecule has 0 N–H and O–H groups in total. The number of carbonyl (C=O) groups excluding carboxylic acids is 1. The van der Waals surface area contributed by atoms with Crippen molar-refractivity contribution in [2.75, 3.05) is 10.7 Å². The minimum atomic E-state index is -0.844. The van der Waals surface area contributed by atoms with Gasteiger partial charge in [-0.3, -0.25) is 9.69 Å². The van der Waals surface area contributed by atoms with Gasteiger partial charge in [0.15, 0.2) is 15.2 Å². The van der Waals surface area contributed by atoms with Crippen molar-refractivity contribution in [3.63, 3.8) is 0 Å². The lowest BCUT2D eigenvalue weighted by molar-refractivity contribution is -0.118. The van der Waals surface area contributed by atoms with E-state index in [0.717, 1.165) is 4.47 Å². The molecular formula is C19H14BrIN4O3S. The number of rotatable bonds is 4. The first-order valence-corrected chi connectivity index (χ1v) is 11.3. The third-order valence-electron chi connectivity index (χ3n) is 4.09. The van der Waals surface area contributed by atoms with Gasteiger partial charge in [-0.1, -0.05) is 36.0 Å². The number of aromatic nitrogens is 3. The summed E-state index contributed by atoms with van der Waals surface area (Å²) in [6.07, 6.45) is 0.919. The maximum atomic E-state index is 12.7. The SMILES string of the molecule is C=CCSc1nnc2c(n1)O[C@H](c1cc(Br)c(I)o1)N(C(C)=O)c1ccccc1-2. The summed E-state index contributed by atoms with van der Waals surface area (Å²) in [7, 11) is 0. The van der Waals surface area contributed by atoms with Crippen LogP contribution in [-0.4, -0.2) is 26.8 Å². The molecular weight excluding hydrogens is 571 g/mol. The largest absolute Gasteiger partial charge is 0.448 e. The van der Waals surface area contributed by atoms with Crippen LogP contribution in [0.1, 0.15) is 18.9 Å². The molecule has 3 aromatic rings. The number of amides is 1. The van der Waals surface area contributed by atoms with E-state index in [4.69, 9.17) is 9.15 Å². The van der Waals surface area contributed by atoms with Crippen LogP contribution in [0.5, 0.6) is 5.88 Å². The Balaban J connectivity index is 1.91. The second kappa shape index (κ2) is 8.44. The molecule has 0 radical (unpaired) electrons. The van der Waals surface area contributed by atoms with Gasteiger partial charge >= 0.3 is 0 Å². The van der Waals surface area contributed by atoms with Crippen LogP contribution in [0.3, 0.4) is 0 Å². The molecule has 0 unspecified atom stereocenters. The topological polar surface area (TPSA) is 81.3 Å². The van der Waals surface area contributed by atoms with Gasteiger partial charge in [0.1, 0.15) is 0 Å². The van der Waals surface area contributed by atoms with Crippen LogP contribution in [0, 0.1) is 3.77 Å². The summed E-state index contributed by atoms with van der Waals surface area (Å²) >= 11 is 6.92. The number of ether oxygens (including phenoxy) is 1. The van der Waals surface area contributed by atoms with Gasteiger partial charge in [0.25, 0.3) is 0 Å². The highest BCUT2D eigenvalue weighted by Gasteiger charge is 2.36. The monoisotopic (exact) mass is 584 g/mol. The molecule has 1 aliphatic heterocycles. The van der Waals surface area contributed by atoms with E-state index in [0.29, 0.717) is 37.4 Å². The number of nitrogens with zero attached hydrogens (tertiary/aromatic N) is 4. The van der Waals surface area contributed by atoms with Crippen LogP contribution in [-0.2, 0) is 4.79 Å². The first-order valence-electron chi connectivity index (χ1n) is 8.48. The van der Waals surface area contributed by atoms with E-state index in [2.05, 4.69) is 60.3 Å². The minimum absolute atomic E-state index is 0.202. The Hall–Kier alpha value is -1.92. The average Bonchev–Trinajstić information content (AvgIpc) is 2.96. The third-order valence-corrected chi connectivity index (χ3v) is 7.05.